The first-order valence-corrected chi connectivity index (χ1v) is 12.3. The maximum atomic E-state index is 13.8. The lowest BCUT2D eigenvalue weighted by atomic mass is 9.94. The number of anilines is 1. The average molecular weight is 444 g/mol. The first kappa shape index (κ1) is 21.7. The number of piperazine rings is 1. The zero-order chi connectivity index (χ0) is 22.9. The van der Waals surface area contributed by atoms with Gasteiger partial charge in [-0.15, -0.1) is 0 Å². The number of aryl methyl sites for hydroxylation is 2. The van der Waals surface area contributed by atoms with Crippen LogP contribution in [0.1, 0.15) is 48.8 Å². The van der Waals surface area contributed by atoms with Crippen LogP contribution in [-0.4, -0.2) is 53.8 Å². The smallest absolute Gasteiger partial charge is 0.278 e. The fraction of sp³-hybridized carbons (Fsp3) is 0.429. The van der Waals surface area contributed by atoms with Gasteiger partial charge in [-0.05, 0) is 55.5 Å². The minimum absolute atomic E-state index is 0.0309. The lowest BCUT2D eigenvalue weighted by Gasteiger charge is -2.38. The standard InChI is InChI=1S/C28H33N3O2/c1-20-13-14-22(19-21(20)2)25-26(28(33)31(27(25)32)24-11-7-4-8-12-24)30-17-15-29(16-18-30)23-9-5-3-6-10-23/h3,5-6,9-10,13-14,19,24H,4,7-8,11-12,15-18H2,1-2H3. The van der Waals surface area contributed by atoms with Gasteiger partial charge in [-0.25, -0.2) is 0 Å². The molecule has 0 aromatic heterocycles. The van der Waals surface area contributed by atoms with Crippen LogP contribution >= 0.6 is 0 Å². The number of nitrogens with zero attached hydrogens (tertiary/aromatic N) is 3. The first-order valence-electron chi connectivity index (χ1n) is 12.3. The van der Waals surface area contributed by atoms with E-state index in [0.717, 1.165) is 63.0 Å². The Morgan fingerprint density at radius 2 is 1.39 bits per heavy atom. The summed E-state index contributed by atoms with van der Waals surface area (Å²) < 4.78 is 0. The first-order chi connectivity index (χ1) is 16.0. The molecule has 5 rings (SSSR count). The van der Waals surface area contributed by atoms with Crippen molar-refractivity contribution in [3.8, 4) is 0 Å². The van der Waals surface area contributed by atoms with Crippen LogP contribution in [-0.2, 0) is 9.59 Å². The molecule has 2 heterocycles. The fourth-order valence-electron chi connectivity index (χ4n) is 5.48. The molecule has 2 aliphatic heterocycles. The summed E-state index contributed by atoms with van der Waals surface area (Å²) in [7, 11) is 0. The monoisotopic (exact) mass is 443 g/mol. The summed E-state index contributed by atoms with van der Waals surface area (Å²) in [5.41, 5.74) is 5.62. The van der Waals surface area contributed by atoms with Crippen LogP contribution in [0.2, 0.25) is 0 Å². The molecule has 2 aromatic carbocycles. The highest BCUT2D eigenvalue weighted by molar-refractivity contribution is 6.35. The van der Waals surface area contributed by atoms with Gasteiger partial charge >= 0.3 is 0 Å². The Balaban J connectivity index is 1.48. The molecule has 33 heavy (non-hydrogen) atoms. The van der Waals surface area contributed by atoms with Crippen LogP contribution in [0.25, 0.3) is 5.57 Å². The van der Waals surface area contributed by atoms with E-state index < -0.39 is 0 Å². The molecular weight excluding hydrogens is 410 g/mol. The maximum Gasteiger partial charge on any atom is 0.278 e. The molecule has 0 unspecified atom stereocenters. The molecule has 2 amide bonds. The highest BCUT2D eigenvalue weighted by Gasteiger charge is 2.45. The summed E-state index contributed by atoms with van der Waals surface area (Å²) in [6.07, 6.45) is 5.22. The Morgan fingerprint density at radius 1 is 0.727 bits per heavy atom. The number of carbonyl (C=O) groups is 2. The molecule has 0 bridgehead atoms. The Morgan fingerprint density at radius 3 is 2.06 bits per heavy atom. The van der Waals surface area contributed by atoms with Crippen molar-refractivity contribution in [2.24, 2.45) is 0 Å². The second-order valence-electron chi connectivity index (χ2n) is 9.60. The lowest BCUT2D eigenvalue weighted by molar-refractivity contribution is -0.141. The van der Waals surface area contributed by atoms with Gasteiger partial charge in [0.15, 0.2) is 0 Å². The molecule has 5 heteroatoms. The van der Waals surface area contributed by atoms with Crippen LogP contribution in [0.15, 0.2) is 54.2 Å². The third-order valence-corrected chi connectivity index (χ3v) is 7.54. The Labute approximate surface area is 196 Å². The molecule has 3 aliphatic rings. The molecule has 2 fully saturated rings. The Bertz CT molecular complexity index is 1080. The zero-order valence-electron chi connectivity index (χ0n) is 19.7. The van der Waals surface area contributed by atoms with E-state index in [4.69, 9.17) is 0 Å². The van der Waals surface area contributed by atoms with Crippen molar-refractivity contribution in [3.05, 3.63) is 70.9 Å². The largest absolute Gasteiger partial charge is 0.368 e. The minimum atomic E-state index is -0.101. The van der Waals surface area contributed by atoms with Crippen LogP contribution in [0.4, 0.5) is 5.69 Å². The van der Waals surface area contributed by atoms with E-state index in [9.17, 15) is 9.59 Å². The Kier molecular flexibility index (Phi) is 5.96. The topological polar surface area (TPSA) is 43.9 Å². The number of hydrogen-bond donors (Lipinski definition) is 0. The van der Waals surface area contributed by atoms with Crippen molar-refractivity contribution < 1.29 is 9.59 Å². The molecule has 172 valence electrons. The highest BCUT2D eigenvalue weighted by Crippen LogP contribution is 2.37. The van der Waals surface area contributed by atoms with Gasteiger partial charge in [0, 0.05) is 37.9 Å². The van der Waals surface area contributed by atoms with Gasteiger partial charge in [-0.1, -0.05) is 55.7 Å². The van der Waals surface area contributed by atoms with E-state index in [1.165, 1.54) is 17.7 Å². The van der Waals surface area contributed by atoms with Gasteiger partial charge in [0.25, 0.3) is 11.8 Å². The molecule has 5 nitrogen and oxygen atoms in total. The van der Waals surface area contributed by atoms with Crippen LogP contribution in [0, 0.1) is 13.8 Å². The normalized spacial score (nSPS) is 20.2. The number of amides is 2. The second kappa shape index (κ2) is 9.05. The molecule has 0 N–H and O–H groups in total. The highest BCUT2D eigenvalue weighted by atomic mass is 16.2. The summed E-state index contributed by atoms with van der Waals surface area (Å²) >= 11 is 0. The molecule has 1 aliphatic carbocycles. The summed E-state index contributed by atoms with van der Waals surface area (Å²) in [4.78, 5) is 33.7. The Hall–Kier alpha value is -3.08. The van der Waals surface area contributed by atoms with Gasteiger partial charge in [0.2, 0.25) is 0 Å². The third kappa shape index (κ3) is 4.05. The SMILES string of the molecule is Cc1ccc(C2=C(N3CCN(c4ccccc4)CC3)C(=O)N(C3CCCCC3)C2=O)cc1C. The predicted molar refractivity (Wildman–Crippen MR) is 132 cm³/mol. The summed E-state index contributed by atoms with van der Waals surface area (Å²) in [6, 6.07) is 16.6. The van der Waals surface area contributed by atoms with E-state index >= 15 is 0 Å². The van der Waals surface area contributed by atoms with E-state index in [0.29, 0.717) is 11.3 Å². The maximum absolute atomic E-state index is 13.8. The molecular formula is C28H33N3O2. The van der Waals surface area contributed by atoms with E-state index in [-0.39, 0.29) is 17.9 Å². The number of imide groups is 1. The van der Waals surface area contributed by atoms with Gasteiger partial charge in [-0.3, -0.25) is 14.5 Å². The minimum Gasteiger partial charge on any atom is -0.368 e. The summed E-state index contributed by atoms with van der Waals surface area (Å²) in [5, 5.41) is 0. The van der Waals surface area contributed by atoms with Crippen LogP contribution in [0.3, 0.4) is 0 Å². The van der Waals surface area contributed by atoms with Crippen molar-refractivity contribution in [3.63, 3.8) is 0 Å². The molecule has 0 spiro atoms. The third-order valence-electron chi connectivity index (χ3n) is 7.54. The van der Waals surface area contributed by atoms with E-state index in [2.05, 4.69) is 60.0 Å². The second-order valence-corrected chi connectivity index (χ2v) is 9.60. The number of benzene rings is 2. The van der Waals surface area contributed by atoms with Crippen molar-refractivity contribution in [2.45, 2.75) is 52.0 Å². The van der Waals surface area contributed by atoms with Gasteiger partial charge in [-0.2, -0.15) is 0 Å². The van der Waals surface area contributed by atoms with Gasteiger partial charge in [0.05, 0.1) is 5.57 Å². The van der Waals surface area contributed by atoms with Crippen molar-refractivity contribution in [1.82, 2.24) is 9.80 Å². The predicted octanol–water partition coefficient (Wildman–Crippen LogP) is 4.54. The van der Waals surface area contributed by atoms with E-state index in [1.54, 1.807) is 4.90 Å². The van der Waals surface area contributed by atoms with Crippen LogP contribution < -0.4 is 4.90 Å². The summed E-state index contributed by atoms with van der Waals surface area (Å²) in [6.45, 7) is 7.27. The quantitative estimate of drug-likeness (QED) is 0.651. The number of para-hydroxylation sites is 1. The average Bonchev–Trinajstić information content (AvgIpc) is 3.12. The molecule has 0 radical (unpaired) electrons. The van der Waals surface area contributed by atoms with Gasteiger partial charge < -0.3 is 9.80 Å². The van der Waals surface area contributed by atoms with Crippen molar-refractivity contribution >= 4 is 23.1 Å². The zero-order valence-corrected chi connectivity index (χ0v) is 19.7. The summed E-state index contributed by atoms with van der Waals surface area (Å²) in [5.74, 6) is -0.191. The number of carbonyl (C=O) groups excluding carboxylic acids is 2. The van der Waals surface area contributed by atoms with Crippen LogP contribution in [0.5, 0.6) is 0 Å². The number of rotatable bonds is 4. The van der Waals surface area contributed by atoms with Gasteiger partial charge in [0.1, 0.15) is 5.70 Å². The molecule has 0 atom stereocenters. The number of hydrogen-bond acceptors (Lipinski definition) is 4. The lowest BCUT2D eigenvalue weighted by Crippen LogP contribution is -2.48. The fourth-order valence-corrected chi connectivity index (χ4v) is 5.48. The molecule has 2 aromatic rings. The van der Waals surface area contributed by atoms with Crippen molar-refractivity contribution in [1.29, 1.82) is 0 Å². The van der Waals surface area contributed by atoms with E-state index in [1.807, 2.05) is 12.1 Å². The van der Waals surface area contributed by atoms with Crippen molar-refractivity contribution in [2.75, 3.05) is 31.1 Å². The molecule has 1 saturated carbocycles. The molecule has 1 saturated heterocycles.